The van der Waals surface area contributed by atoms with Gasteiger partial charge in [-0.2, -0.15) is 0 Å². The molecule has 0 unspecified atom stereocenters. The zero-order valence-corrected chi connectivity index (χ0v) is 10.4. The molecular formula is C13H18FN2O2+. The lowest BCUT2D eigenvalue weighted by atomic mass is 10.2. The van der Waals surface area contributed by atoms with Gasteiger partial charge < -0.3 is 15.0 Å². The molecule has 0 aliphatic carbocycles. The fourth-order valence-corrected chi connectivity index (χ4v) is 2.07. The van der Waals surface area contributed by atoms with E-state index < -0.39 is 0 Å². The first-order valence-electron chi connectivity index (χ1n) is 6.15. The van der Waals surface area contributed by atoms with Crippen LogP contribution in [0.25, 0.3) is 0 Å². The summed E-state index contributed by atoms with van der Waals surface area (Å²) >= 11 is 0. The smallest absolute Gasteiger partial charge is 0.282 e. The Hall–Kier alpha value is -1.46. The van der Waals surface area contributed by atoms with Crippen LogP contribution in [0.2, 0.25) is 0 Å². The number of ether oxygens (including phenoxy) is 1. The van der Waals surface area contributed by atoms with E-state index in [2.05, 4.69) is 5.32 Å². The van der Waals surface area contributed by atoms with Crippen molar-refractivity contribution in [2.45, 2.75) is 13.0 Å². The SMILES string of the molecule is C[C@@H](C(=O)Nc1cccc(F)c1)[NH+]1CCOCC1. The molecule has 1 aliphatic heterocycles. The van der Waals surface area contributed by atoms with Crippen LogP contribution in [0.4, 0.5) is 10.1 Å². The maximum atomic E-state index is 13.0. The second-order valence-corrected chi connectivity index (χ2v) is 4.49. The first-order valence-corrected chi connectivity index (χ1v) is 6.15. The van der Waals surface area contributed by atoms with Gasteiger partial charge in [0.25, 0.3) is 5.91 Å². The summed E-state index contributed by atoms with van der Waals surface area (Å²) in [7, 11) is 0. The lowest BCUT2D eigenvalue weighted by molar-refractivity contribution is -0.921. The molecule has 1 saturated heterocycles. The Morgan fingerprint density at radius 2 is 2.17 bits per heavy atom. The Morgan fingerprint density at radius 3 is 2.83 bits per heavy atom. The molecular weight excluding hydrogens is 235 g/mol. The molecule has 0 radical (unpaired) electrons. The van der Waals surface area contributed by atoms with Crippen molar-refractivity contribution in [1.82, 2.24) is 0 Å². The number of hydrogen-bond acceptors (Lipinski definition) is 2. The van der Waals surface area contributed by atoms with E-state index in [9.17, 15) is 9.18 Å². The van der Waals surface area contributed by atoms with Gasteiger partial charge in [-0.25, -0.2) is 4.39 Å². The molecule has 0 bridgehead atoms. The minimum Gasteiger partial charge on any atom is -0.370 e. The Labute approximate surface area is 106 Å². The van der Waals surface area contributed by atoms with Gasteiger partial charge in [-0.1, -0.05) is 6.07 Å². The van der Waals surface area contributed by atoms with Crippen molar-refractivity contribution < 1.29 is 18.8 Å². The van der Waals surface area contributed by atoms with Crippen LogP contribution in [0.5, 0.6) is 0 Å². The average Bonchev–Trinajstić information content (AvgIpc) is 2.39. The minimum atomic E-state index is -0.348. The number of carbonyl (C=O) groups is 1. The van der Waals surface area contributed by atoms with E-state index in [-0.39, 0.29) is 17.8 Å². The Bertz CT molecular complexity index is 419. The Morgan fingerprint density at radius 1 is 1.44 bits per heavy atom. The largest absolute Gasteiger partial charge is 0.370 e. The molecule has 0 spiro atoms. The van der Waals surface area contributed by atoms with Crippen molar-refractivity contribution in [2.75, 3.05) is 31.6 Å². The van der Waals surface area contributed by atoms with Gasteiger partial charge in [-0.05, 0) is 25.1 Å². The molecule has 1 atom stereocenters. The fourth-order valence-electron chi connectivity index (χ4n) is 2.07. The molecule has 4 nitrogen and oxygen atoms in total. The number of quaternary nitrogens is 1. The second kappa shape index (κ2) is 5.93. The van der Waals surface area contributed by atoms with E-state index in [4.69, 9.17) is 4.74 Å². The van der Waals surface area contributed by atoms with Crippen LogP contribution >= 0.6 is 0 Å². The molecule has 1 aromatic carbocycles. The van der Waals surface area contributed by atoms with Gasteiger partial charge in [0.15, 0.2) is 6.04 Å². The lowest BCUT2D eigenvalue weighted by Crippen LogP contribution is -3.18. The minimum absolute atomic E-state index is 0.0856. The molecule has 98 valence electrons. The normalized spacial score (nSPS) is 18.3. The number of halogens is 1. The molecule has 1 amide bonds. The average molecular weight is 253 g/mol. The molecule has 5 heteroatoms. The summed E-state index contributed by atoms with van der Waals surface area (Å²) in [6.07, 6.45) is 0. The quantitative estimate of drug-likeness (QED) is 0.800. The van der Waals surface area contributed by atoms with Gasteiger partial charge in [0.1, 0.15) is 18.9 Å². The summed E-state index contributed by atoms with van der Waals surface area (Å²) in [6.45, 7) is 4.92. The number of carbonyl (C=O) groups excluding carboxylic acids is 1. The predicted molar refractivity (Wildman–Crippen MR) is 66.0 cm³/mol. The maximum Gasteiger partial charge on any atom is 0.282 e. The van der Waals surface area contributed by atoms with E-state index in [0.29, 0.717) is 18.9 Å². The summed E-state index contributed by atoms with van der Waals surface area (Å²) in [4.78, 5) is 13.2. The molecule has 1 aromatic rings. The van der Waals surface area contributed by atoms with E-state index >= 15 is 0 Å². The number of benzene rings is 1. The van der Waals surface area contributed by atoms with Crippen molar-refractivity contribution in [3.05, 3.63) is 30.1 Å². The Kier molecular flexibility index (Phi) is 4.28. The van der Waals surface area contributed by atoms with Gasteiger partial charge in [0.05, 0.1) is 13.2 Å². The van der Waals surface area contributed by atoms with Crippen molar-refractivity contribution in [3.8, 4) is 0 Å². The summed E-state index contributed by atoms with van der Waals surface area (Å²) in [5.41, 5.74) is 0.500. The van der Waals surface area contributed by atoms with Crippen LogP contribution in [0.3, 0.4) is 0 Å². The highest BCUT2D eigenvalue weighted by atomic mass is 19.1. The van der Waals surface area contributed by atoms with Gasteiger partial charge in [-0.3, -0.25) is 4.79 Å². The molecule has 18 heavy (non-hydrogen) atoms. The topological polar surface area (TPSA) is 42.8 Å². The van der Waals surface area contributed by atoms with Crippen LogP contribution in [0.1, 0.15) is 6.92 Å². The third-order valence-electron chi connectivity index (χ3n) is 3.23. The molecule has 1 aliphatic rings. The van der Waals surface area contributed by atoms with E-state index in [1.165, 1.54) is 17.0 Å². The first kappa shape index (κ1) is 13.0. The lowest BCUT2D eigenvalue weighted by Gasteiger charge is -2.28. The maximum absolute atomic E-state index is 13.0. The van der Waals surface area contributed by atoms with Gasteiger partial charge >= 0.3 is 0 Å². The number of amides is 1. The van der Waals surface area contributed by atoms with Gasteiger partial charge in [-0.15, -0.1) is 0 Å². The highest BCUT2D eigenvalue weighted by Crippen LogP contribution is 2.08. The third kappa shape index (κ3) is 3.27. The second-order valence-electron chi connectivity index (χ2n) is 4.49. The monoisotopic (exact) mass is 253 g/mol. The third-order valence-corrected chi connectivity index (χ3v) is 3.23. The molecule has 2 N–H and O–H groups in total. The molecule has 0 aromatic heterocycles. The molecule has 2 rings (SSSR count). The molecule has 0 saturated carbocycles. The highest BCUT2D eigenvalue weighted by molar-refractivity contribution is 5.93. The van der Waals surface area contributed by atoms with E-state index in [0.717, 1.165) is 13.1 Å². The van der Waals surface area contributed by atoms with E-state index in [1.54, 1.807) is 12.1 Å². The zero-order chi connectivity index (χ0) is 13.0. The summed E-state index contributed by atoms with van der Waals surface area (Å²) in [5.74, 6) is -0.434. The van der Waals surface area contributed by atoms with E-state index in [1.807, 2.05) is 6.92 Å². The summed E-state index contributed by atoms with van der Waals surface area (Å²) < 4.78 is 18.3. The number of anilines is 1. The van der Waals surface area contributed by atoms with Crippen LogP contribution in [0.15, 0.2) is 24.3 Å². The number of morpholine rings is 1. The highest BCUT2D eigenvalue weighted by Gasteiger charge is 2.26. The number of hydrogen-bond donors (Lipinski definition) is 2. The first-order chi connectivity index (χ1) is 8.66. The van der Waals surface area contributed by atoms with Crippen LogP contribution in [-0.2, 0) is 9.53 Å². The summed E-state index contributed by atoms with van der Waals surface area (Å²) in [5, 5.41) is 2.74. The van der Waals surface area contributed by atoms with Crippen molar-refractivity contribution in [3.63, 3.8) is 0 Å². The van der Waals surface area contributed by atoms with Crippen LogP contribution in [-0.4, -0.2) is 38.3 Å². The molecule has 1 heterocycles. The number of rotatable bonds is 3. The standard InChI is InChI=1S/C13H17FN2O2/c1-10(16-5-7-18-8-6-16)13(17)15-12-4-2-3-11(14)9-12/h2-4,9-10H,5-8H2,1H3,(H,15,17)/p+1/t10-/m0/s1. The van der Waals surface area contributed by atoms with Crippen LogP contribution in [0, 0.1) is 5.82 Å². The van der Waals surface area contributed by atoms with Crippen molar-refractivity contribution in [2.24, 2.45) is 0 Å². The van der Waals surface area contributed by atoms with Crippen LogP contribution < -0.4 is 10.2 Å². The number of nitrogens with one attached hydrogen (secondary N) is 2. The van der Waals surface area contributed by atoms with Gasteiger partial charge in [0.2, 0.25) is 0 Å². The van der Waals surface area contributed by atoms with Gasteiger partial charge in [0, 0.05) is 5.69 Å². The van der Waals surface area contributed by atoms with Crippen molar-refractivity contribution >= 4 is 11.6 Å². The summed E-state index contributed by atoms with van der Waals surface area (Å²) in [6, 6.07) is 5.78. The predicted octanol–water partition coefficient (Wildman–Crippen LogP) is 0.0678. The molecule has 1 fully saturated rings. The fraction of sp³-hybridized carbons (Fsp3) is 0.462. The Balaban J connectivity index is 1.94. The zero-order valence-electron chi connectivity index (χ0n) is 10.4. The van der Waals surface area contributed by atoms with Crippen molar-refractivity contribution in [1.29, 1.82) is 0 Å².